The highest BCUT2D eigenvalue weighted by molar-refractivity contribution is 5.97. The molecule has 0 bridgehead atoms. The highest BCUT2D eigenvalue weighted by Gasteiger charge is 2.09. The summed E-state index contributed by atoms with van der Waals surface area (Å²) < 4.78 is 0. The summed E-state index contributed by atoms with van der Waals surface area (Å²) in [5.74, 6) is -0.488. The third-order valence-electron chi connectivity index (χ3n) is 1.67. The number of nitrogens with two attached hydrogens (primary N) is 1. The van der Waals surface area contributed by atoms with E-state index in [1.54, 1.807) is 0 Å². The Kier molecular flexibility index (Phi) is 2.20. The van der Waals surface area contributed by atoms with Gasteiger partial charge in [-0.1, -0.05) is 0 Å². The van der Waals surface area contributed by atoms with Crippen LogP contribution in [-0.2, 0) is 0 Å². The zero-order valence-corrected chi connectivity index (χ0v) is 7.03. The monoisotopic (exact) mass is 176 g/mol. The fourth-order valence-electron chi connectivity index (χ4n) is 0.983. The number of nitriles is 1. The fraction of sp³-hybridized carbons (Fsp3) is 0.111. The van der Waals surface area contributed by atoms with Crippen LogP contribution in [0, 0.1) is 11.3 Å². The molecule has 0 aliphatic rings. The van der Waals surface area contributed by atoms with E-state index in [1.807, 2.05) is 6.07 Å². The number of nitrogens with zero attached hydrogens (tertiary/aromatic N) is 1. The molecule has 1 aromatic carbocycles. The molecule has 13 heavy (non-hydrogen) atoms. The number of hydrogen-bond acceptors (Lipinski definition) is 4. The van der Waals surface area contributed by atoms with Gasteiger partial charge < -0.3 is 10.8 Å². The Morgan fingerprint density at radius 1 is 1.62 bits per heavy atom. The summed E-state index contributed by atoms with van der Waals surface area (Å²) in [5, 5.41) is 17.9. The summed E-state index contributed by atoms with van der Waals surface area (Å²) in [6.07, 6.45) is 0. The third kappa shape index (κ3) is 1.59. The number of Topliss-reactive ketones (excluding diaryl/α,β-unsaturated/α-hetero) is 1. The number of phenolic OH excluding ortho intramolecular Hbond substituents is 1. The SMILES string of the molecule is CC(=O)c1cc(C#N)c(N)cc1O. The molecule has 0 unspecified atom stereocenters. The van der Waals surface area contributed by atoms with Crippen molar-refractivity contribution in [3.8, 4) is 11.8 Å². The number of carbonyl (C=O) groups excluding carboxylic acids is 1. The number of anilines is 1. The zero-order valence-electron chi connectivity index (χ0n) is 7.03. The van der Waals surface area contributed by atoms with Crippen molar-refractivity contribution in [2.45, 2.75) is 6.92 Å². The van der Waals surface area contributed by atoms with Gasteiger partial charge in [-0.2, -0.15) is 5.26 Å². The summed E-state index contributed by atoms with van der Waals surface area (Å²) in [4.78, 5) is 10.9. The van der Waals surface area contributed by atoms with Crippen LogP contribution in [0.4, 0.5) is 5.69 Å². The van der Waals surface area contributed by atoms with Crippen LogP contribution in [0.5, 0.6) is 5.75 Å². The first-order valence-electron chi connectivity index (χ1n) is 3.59. The summed E-state index contributed by atoms with van der Waals surface area (Å²) in [5.41, 5.74) is 5.89. The van der Waals surface area contributed by atoms with E-state index in [0.29, 0.717) is 0 Å². The molecule has 66 valence electrons. The van der Waals surface area contributed by atoms with Gasteiger partial charge in [0.05, 0.1) is 16.8 Å². The van der Waals surface area contributed by atoms with Crippen LogP contribution in [0.15, 0.2) is 12.1 Å². The molecule has 0 aliphatic carbocycles. The van der Waals surface area contributed by atoms with Gasteiger partial charge in [0.25, 0.3) is 0 Å². The number of ketones is 1. The average molecular weight is 176 g/mol. The lowest BCUT2D eigenvalue weighted by atomic mass is 10.1. The number of aromatic hydroxyl groups is 1. The predicted molar refractivity (Wildman–Crippen MR) is 47.2 cm³/mol. The Balaban J connectivity index is 3.41. The molecule has 0 atom stereocenters. The van der Waals surface area contributed by atoms with E-state index < -0.39 is 0 Å². The van der Waals surface area contributed by atoms with Gasteiger partial charge in [-0.3, -0.25) is 4.79 Å². The van der Waals surface area contributed by atoms with Gasteiger partial charge in [0, 0.05) is 6.07 Å². The second-order valence-electron chi connectivity index (χ2n) is 2.62. The van der Waals surface area contributed by atoms with E-state index in [2.05, 4.69) is 0 Å². The van der Waals surface area contributed by atoms with Crippen molar-refractivity contribution in [2.24, 2.45) is 0 Å². The zero-order chi connectivity index (χ0) is 10.0. The minimum Gasteiger partial charge on any atom is -0.507 e. The molecule has 0 heterocycles. The molecule has 4 nitrogen and oxygen atoms in total. The van der Waals surface area contributed by atoms with Crippen LogP contribution in [0.1, 0.15) is 22.8 Å². The van der Waals surface area contributed by atoms with E-state index in [4.69, 9.17) is 11.0 Å². The Morgan fingerprint density at radius 3 is 2.69 bits per heavy atom. The van der Waals surface area contributed by atoms with Crippen LogP contribution in [0.25, 0.3) is 0 Å². The van der Waals surface area contributed by atoms with Gasteiger partial charge in [0.2, 0.25) is 0 Å². The Bertz CT molecular complexity index is 405. The molecule has 0 amide bonds. The topological polar surface area (TPSA) is 87.1 Å². The molecule has 4 heteroatoms. The van der Waals surface area contributed by atoms with E-state index in [-0.39, 0.29) is 28.3 Å². The predicted octanol–water partition coefficient (Wildman–Crippen LogP) is 1.05. The molecule has 0 aromatic heterocycles. The fourth-order valence-corrected chi connectivity index (χ4v) is 0.983. The van der Waals surface area contributed by atoms with Crippen molar-refractivity contribution in [1.82, 2.24) is 0 Å². The molecule has 0 saturated carbocycles. The van der Waals surface area contributed by atoms with Crippen LogP contribution in [0.2, 0.25) is 0 Å². The number of nitrogen functional groups attached to an aromatic ring is 1. The number of carbonyl (C=O) groups is 1. The first-order valence-corrected chi connectivity index (χ1v) is 3.59. The highest BCUT2D eigenvalue weighted by atomic mass is 16.3. The molecule has 1 aromatic rings. The van der Waals surface area contributed by atoms with Crippen molar-refractivity contribution in [3.63, 3.8) is 0 Å². The smallest absolute Gasteiger partial charge is 0.163 e. The largest absolute Gasteiger partial charge is 0.507 e. The minimum absolute atomic E-state index is 0.116. The maximum absolute atomic E-state index is 10.9. The number of rotatable bonds is 1. The van der Waals surface area contributed by atoms with E-state index in [9.17, 15) is 9.90 Å². The molecule has 0 fully saturated rings. The summed E-state index contributed by atoms with van der Waals surface area (Å²) in [7, 11) is 0. The third-order valence-corrected chi connectivity index (χ3v) is 1.67. The lowest BCUT2D eigenvalue weighted by Crippen LogP contribution is -1.97. The Morgan fingerprint density at radius 2 is 2.23 bits per heavy atom. The van der Waals surface area contributed by atoms with E-state index in [1.165, 1.54) is 19.1 Å². The van der Waals surface area contributed by atoms with E-state index in [0.717, 1.165) is 0 Å². The standard InChI is InChI=1S/C9H8N2O2/c1-5(12)7-2-6(4-10)8(11)3-9(7)13/h2-3,13H,11H2,1H3. The molecular weight excluding hydrogens is 168 g/mol. The molecule has 0 spiro atoms. The van der Waals surface area contributed by atoms with Crippen molar-refractivity contribution in [3.05, 3.63) is 23.3 Å². The van der Waals surface area contributed by atoms with Crippen LogP contribution in [-0.4, -0.2) is 10.9 Å². The van der Waals surface area contributed by atoms with E-state index >= 15 is 0 Å². The molecular formula is C9H8N2O2. The van der Waals surface area contributed by atoms with Gasteiger partial charge in [0.15, 0.2) is 5.78 Å². The average Bonchev–Trinajstić information content (AvgIpc) is 2.03. The maximum atomic E-state index is 10.9. The number of benzene rings is 1. The van der Waals surface area contributed by atoms with Crippen molar-refractivity contribution >= 4 is 11.5 Å². The first-order chi connectivity index (χ1) is 6.06. The quantitative estimate of drug-likeness (QED) is 0.494. The van der Waals surface area contributed by atoms with Crippen molar-refractivity contribution < 1.29 is 9.90 Å². The second kappa shape index (κ2) is 3.15. The molecule has 0 saturated heterocycles. The maximum Gasteiger partial charge on any atom is 0.163 e. The highest BCUT2D eigenvalue weighted by Crippen LogP contribution is 2.24. The second-order valence-corrected chi connectivity index (χ2v) is 2.62. The summed E-state index contributed by atoms with van der Waals surface area (Å²) in [6.45, 7) is 1.31. The van der Waals surface area contributed by atoms with Crippen LogP contribution < -0.4 is 5.73 Å². The summed E-state index contributed by atoms with van der Waals surface area (Å²) >= 11 is 0. The molecule has 3 N–H and O–H groups in total. The lowest BCUT2D eigenvalue weighted by molar-refractivity contribution is 0.101. The van der Waals surface area contributed by atoms with Crippen LogP contribution >= 0.6 is 0 Å². The van der Waals surface area contributed by atoms with Crippen molar-refractivity contribution in [2.75, 3.05) is 5.73 Å². The van der Waals surface area contributed by atoms with Gasteiger partial charge in [-0.25, -0.2) is 0 Å². The minimum atomic E-state index is -0.297. The summed E-state index contributed by atoms with van der Waals surface area (Å²) in [6, 6.07) is 4.32. The molecule has 0 aliphatic heterocycles. The van der Waals surface area contributed by atoms with Gasteiger partial charge in [-0.05, 0) is 13.0 Å². The molecule has 1 rings (SSSR count). The van der Waals surface area contributed by atoms with Crippen LogP contribution in [0.3, 0.4) is 0 Å². The van der Waals surface area contributed by atoms with Crippen molar-refractivity contribution in [1.29, 1.82) is 5.26 Å². The van der Waals surface area contributed by atoms with Gasteiger partial charge >= 0.3 is 0 Å². The van der Waals surface area contributed by atoms with Gasteiger partial charge in [0.1, 0.15) is 11.8 Å². The van der Waals surface area contributed by atoms with Gasteiger partial charge in [-0.15, -0.1) is 0 Å². The number of hydrogen-bond donors (Lipinski definition) is 2. The normalized spacial score (nSPS) is 9.23. The number of phenols is 1. The Labute approximate surface area is 75.2 Å². The first kappa shape index (κ1) is 9.07. The lowest BCUT2D eigenvalue weighted by Gasteiger charge is -2.03. The molecule has 0 radical (unpaired) electrons. The Hall–Kier alpha value is -2.02.